The van der Waals surface area contributed by atoms with E-state index in [4.69, 9.17) is 11.2 Å². The molecule has 0 fully saturated rings. The molecule has 2 aromatic carbocycles. The number of benzene rings is 2. The number of ether oxygens (including phenoxy) is 1. The third-order valence-electron chi connectivity index (χ3n) is 3.73. The third kappa shape index (κ3) is 3.81. The van der Waals surface area contributed by atoms with E-state index in [0.29, 0.717) is 17.7 Å². The molecule has 2 rings (SSSR count). The largest absolute Gasteiger partial charge is 0.462 e. The van der Waals surface area contributed by atoms with Crippen molar-refractivity contribution < 1.29 is 9.53 Å². The van der Waals surface area contributed by atoms with E-state index in [1.54, 1.807) is 13.0 Å². The second kappa shape index (κ2) is 6.71. The molecule has 0 amide bonds. The molecular formula is C21H22O2. The summed E-state index contributed by atoms with van der Waals surface area (Å²) in [6.07, 6.45) is 5.57. The molecule has 0 unspecified atom stereocenters. The van der Waals surface area contributed by atoms with Crippen molar-refractivity contribution in [2.75, 3.05) is 6.61 Å². The molecule has 0 saturated carbocycles. The van der Waals surface area contributed by atoms with Crippen LogP contribution in [-0.4, -0.2) is 12.6 Å². The minimum Gasteiger partial charge on any atom is -0.462 e. The lowest BCUT2D eigenvalue weighted by molar-refractivity contribution is 0.0526. The summed E-state index contributed by atoms with van der Waals surface area (Å²) in [5.74, 6) is 2.21. The Bertz CT molecular complexity index is 758. The number of terminal acetylenes is 1. The highest BCUT2D eigenvalue weighted by atomic mass is 16.5. The molecule has 0 spiro atoms. The van der Waals surface area contributed by atoms with Crippen molar-refractivity contribution in [2.45, 2.75) is 33.1 Å². The molecule has 0 atom stereocenters. The molecule has 2 heteroatoms. The molecule has 0 heterocycles. The van der Waals surface area contributed by atoms with Crippen molar-refractivity contribution in [3.63, 3.8) is 0 Å². The number of carbonyl (C=O) groups is 1. The van der Waals surface area contributed by atoms with Crippen LogP contribution in [-0.2, 0) is 10.2 Å². The van der Waals surface area contributed by atoms with Gasteiger partial charge in [-0.15, -0.1) is 6.42 Å². The van der Waals surface area contributed by atoms with E-state index in [1.165, 1.54) is 5.56 Å². The SMILES string of the molecule is C#Cc1cc(-c2cccc(C(C)(C)C)c2)ccc1C(=O)OCC. The van der Waals surface area contributed by atoms with Crippen LogP contribution in [0.1, 0.15) is 49.2 Å². The topological polar surface area (TPSA) is 26.3 Å². The van der Waals surface area contributed by atoms with Crippen molar-refractivity contribution in [3.8, 4) is 23.5 Å². The number of rotatable bonds is 3. The van der Waals surface area contributed by atoms with Crippen LogP contribution in [0.5, 0.6) is 0 Å². The van der Waals surface area contributed by atoms with Gasteiger partial charge in [0.1, 0.15) is 0 Å². The van der Waals surface area contributed by atoms with E-state index in [9.17, 15) is 4.79 Å². The highest BCUT2D eigenvalue weighted by Gasteiger charge is 2.15. The molecule has 0 aromatic heterocycles. The molecule has 0 saturated heterocycles. The maximum Gasteiger partial charge on any atom is 0.339 e. The minimum absolute atomic E-state index is 0.0792. The Kier molecular flexibility index (Phi) is 4.91. The Morgan fingerprint density at radius 3 is 2.43 bits per heavy atom. The summed E-state index contributed by atoms with van der Waals surface area (Å²) in [4.78, 5) is 11.9. The Labute approximate surface area is 138 Å². The average Bonchev–Trinajstić information content (AvgIpc) is 2.53. The van der Waals surface area contributed by atoms with Crippen LogP contribution in [0.25, 0.3) is 11.1 Å². The highest BCUT2D eigenvalue weighted by molar-refractivity contribution is 5.93. The van der Waals surface area contributed by atoms with Gasteiger partial charge in [-0.1, -0.05) is 57.0 Å². The highest BCUT2D eigenvalue weighted by Crippen LogP contribution is 2.28. The summed E-state index contributed by atoms with van der Waals surface area (Å²) in [5.41, 5.74) is 4.41. The number of hydrogen-bond donors (Lipinski definition) is 0. The van der Waals surface area contributed by atoms with Gasteiger partial charge in [0.05, 0.1) is 12.2 Å². The van der Waals surface area contributed by atoms with Gasteiger partial charge in [0.2, 0.25) is 0 Å². The van der Waals surface area contributed by atoms with Gasteiger partial charge in [-0.25, -0.2) is 4.79 Å². The fourth-order valence-electron chi connectivity index (χ4n) is 2.40. The Morgan fingerprint density at radius 2 is 1.83 bits per heavy atom. The Balaban J connectivity index is 2.46. The number of hydrogen-bond acceptors (Lipinski definition) is 2. The van der Waals surface area contributed by atoms with Crippen LogP contribution in [0.3, 0.4) is 0 Å². The number of esters is 1. The predicted octanol–water partition coefficient (Wildman–Crippen LogP) is 4.81. The van der Waals surface area contributed by atoms with Crippen molar-refractivity contribution >= 4 is 5.97 Å². The van der Waals surface area contributed by atoms with Gasteiger partial charge in [0.25, 0.3) is 0 Å². The zero-order chi connectivity index (χ0) is 17.0. The zero-order valence-corrected chi connectivity index (χ0v) is 14.1. The summed E-state index contributed by atoms with van der Waals surface area (Å²) >= 11 is 0. The van der Waals surface area contributed by atoms with Gasteiger partial charge >= 0.3 is 5.97 Å². The van der Waals surface area contributed by atoms with E-state index in [2.05, 4.69) is 44.9 Å². The maximum atomic E-state index is 11.9. The van der Waals surface area contributed by atoms with Gasteiger partial charge < -0.3 is 4.74 Å². The van der Waals surface area contributed by atoms with E-state index in [1.807, 2.05) is 18.2 Å². The molecule has 0 radical (unpaired) electrons. The average molecular weight is 306 g/mol. The molecule has 0 aliphatic heterocycles. The predicted molar refractivity (Wildman–Crippen MR) is 94.5 cm³/mol. The van der Waals surface area contributed by atoms with Crippen molar-refractivity contribution in [1.82, 2.24) is 0 Å². The fourth-order valence-corrected chi connectivity index (χ4v) is 2.40. The quantitative estimate of drug-likeness (QED) is 0.601. The summed E-state index contributed by atoms with van der Waals surface area (Å²) in [6, 6.07) is 13.9. The van der Waals surface area contributed by atoms with Crippen molar-refractivity contribution in [1.29, 1.82) is 0 Å². The van der Waals surface area contributed by atoms with E-state index >= 15 is 0 Å². The maximum absolute atomic E-state index is 11.9. The minimum atomic E-state index is -0.379. The van der Waals surface area contributed by atoms with Crippen LogP contribution in [0.15, 0.2) is 42.5 Å². The Hall–Kier alpha value is -2.53. The van der Waals surface area contributed by atoms with Gasteiger partial charge in [0.15, 0.2) is 0 Å². The third-order valence-corrected chi connectivity index (χ3v) is 3.73. The van der Waals surface area contributed by atoms with Gasteiger partial charge in [0, 0.05) is 5.56 Å². The van der Waals surface area contributed by atoms with E-state index in [0.717, 1.165) is 11.1 Å². The molecule has 0 N–H and O–H groups in total. The van der Waals surface area contributed by atoms with Crippen LogP contribution in [0, 0.1) is 12.3 Å². The molecule has 0 aliphatic rings. The lowest BCUT2D eigenvalue weighted by Crippen LogP contribution is -2.10. The second-order valence-electron chi connectivity index (χ2n) is 6.46. The molecular weight excluding hydrogens is 284 g/mol. The summed E-state index contributed by atoms with van der Waals surface area (Å²) in [6.45, 7) is 8.66. The summed E-state index contributed by atoms with van der Waals surface area (Å²) in [7, 11) is 0. The van der Waals surface area contributed by atoms with E-state index in [-0.39, 0.29) is 11.4 Å². The molecule has 0 bridgehead atoms. The fraction of sp³-hybridized carbons (Fsp3) is 0.286. The monoisotopic (exact) mass is 306 g/mol. The first-order valence-electron chi connectivity index (χ1n) is 7.75. The van der Waals surface area contributed by atoms with E-state index < -0.39 is 0 Å². The molecule has 23 heavy (non-hydrogen) atoms. The molecule has 118 valence electrons. The molecule has 2 nitrogen and oxygen atoms in total. The number of carbonyl (C=O) groups excluding carboxylic acids is 1. The standard InChI is InChI=1S/C21H22O2/c1-6-15-13-17(11-12-19(15)20(22)23-7-2)16-9-8-10-18(14-16)21(3,4)5/h1,8-14H,7H2,2-5H3. The van der Waals surface area contributed by atoms with Gasteiger partial charge in [-0.05, 0) is 41.2 Å². The van der Waals surface area contributed by atoms with Crippen LogP contribution < -0.4 is 0 Å². The van der Waals surface area contributed by atoms with Crippen LogP contribution in [0.2, 0.25) is 0 Å². The van der Waals surface area contributed by atoms with Gasteiger partial charge in [-0.2, -0.15) is 0 Å². The van der Waals surface area contributed by atoms with Crippen LogP contribution >= 0.6 is 0 Å². The zero-order valence-electron chi connectivity index (χ0n) is 14.1. The second-order valence-corrected chi connectivity index (χ2v) is 6.46. The molecule has 2 aromatic rings. The van der Waals surface area contributed by atoms with Gasteiger partial charge in [-0.3, -0.25) is 0 Å². The molecule has 0 aliphatic carbocycles. The first-order chi connectivity index (χ1) is 10.9. The Morgan fingerprint density at radius 1 is 1.13 bits per heavy atom. The first-order valence-corrected chi connectivity index (χ1v) is 7.75. The first kappa shape index (κ1) is 16.8. The summed E-state index contributed by atoms with van der Waals surface area (Å²) < 4.78 is 5.05. The summed E-state index contributed by atoms with van der Waals surface area (Å²) in [5, 5.41) is 0. The lowest BCUT2D eigenvalue weighted by atomic mass is 9.85. The lowest BCUT2D eigenvalue weighted by Gasteiger charge is -2.20. The van der Waals surface area contributed by atoms with Crippen LogP contribution in [0.4, 0.5) is 0 Å². The van der Waals surface area contributed by atoms with Crippen molar-refractivity contribution in [3.05, 3.63) is 59.2 Å². The normalized spacial score (nSPS) is 10.9. The smallest absolute Gasteiger partial charge is 0.339 e. The van der Waals surface area contributed by atoms with Crippen molar-refractivity contribution in [2.24, 2.45) is 0 Å².